The highest BCUT2D eigenvalue weighted by molar-refractivity contribution is 7.78. The number of aliphatic imine (C=N–C) groups is 1. The number of isothiocyanates is 1. The molecule has 0 aliphatic heterocycles. The fourth-order valence-corrected chi connectivity index (χ4v) is 1.12. The van der Waals surface area contributed by atoms with Crippen LogP contribution in [0.4, 0.5) is 5.69 Å². The summed E-state index contributed by atoms with van der Waals surface area (Å²) in [6.45, 7) is 1.78. The molecule has 0 atom stereocenters. The summed E-state index contributed by atoms with van der Waals surface area (Å²) in [7, 11) is 0. The van der Waals surface area contributed by atoms with Crippen LogP contribution in [0.15, 0.2) is 23.2 Å². The Kier molecular flexibility index (Phi) is 2.90. The number of para-hydroxylation sites is 1. The quantitative estimate of drug-likeness (QED) is 0.579. The predicted molar refractivity (Wildman–Crippen MR) is 52.8 cm³/mol. The number of hydrogen-bond donors (Lipinski definition) is 1. The van der Waals surface area contributed by atoms with Crippen molar-refractivity contribution in [2.45, 2.75) is 6.92 Å². The van der Waals surface area contributed by atoms with E-state index in [0.29, 0.717) is 5.69 Å². The first-order valence-electron chi connectivity index (χ1n) is 3.57. The Morgan fingerprint density at radius 3 is 2.85 bits per heavy atom. The van der Waals surface area contributed by atoms with E-state index in [1.165, 1.54) is 6.07 Å². The molecule has 0 saturated carbocycles. The molecule has 0 heterocycles. The zero-order chi connectivity index (χ0) is 9.84. The molecule has 0 saturated heterocycles. The fraction of sp³-hybridized carbons (Fsp3) is 0.111. The van der Waals surface area contributed by atoms with Crippen molar-refractivity contribution in [3.8, 4) is 0 Å². The number of benzene rings is 1. The Hall–Kier alpha value is -1.51. The van der Waals surface area contributed by atoms with E-state index in [1.54, 1.807) is 19.1 Å². The number of carboxylic acid groups (broad SMARTS) is 1. The second kappa shape index (κ2) is 3.94. The van der Waals surface area contributed by atoms with Crippen LogP contribution in [0.5, 0.6) is 0 Å². The van der Waals surface area contributed by atoms with Crippen molar-refractivity contribution in [3.05, 3.63) is 29.3 Å². The molecule has 3 nitrogen and oxygen atoms in total. The summed E-state index contributed by atoms with van der Waals surface area (Å²) in [6.07, 6.45) is 0. The van der Waals surface area contributed by atoms with Crippen molar-refractivity contribution in [2.75, 3.05) is 0 Å². The minimum Gasteiger partial charge on any atom is -0.478 e. The van der Waals surface area contributed by atoms with Gasteiger partial charge in [-0.2, -0.15) is 4.99 Å². The molecule has 0 aliphatic rings. The molecule has 0 unspecified atom stereocenters. The Labute approximate surface area is 80.7 Å². The lowest BCUT2D eigenvalue weighted by molar-refractivity contribution is 0.0698. The third kappa shape index (κ3) is 1.99. The van der Waals surface area contributed by atoms with E-state index < -0.39 is 5.97 Å². The van der Waals surface area contributed by atoms with Gasteiger partial charge in [-0.3, -0.25) is 0 Å². The first-order valence-corrected chi connectivity index (χ1v) is 3.98. The Morgan fingerprint density at radius 1 is 1.62 bits per heavy atom. The van der Waals surface area contributed by atoms with Crippen LogP contribution >= 0.6 is 12.2 Å². The molecule has 1 N–H and O–H groups in total. The van der Waals surface area contributed by atoms with Gasteiger partial charge in [-0.15, -0.1) is 0 Å². The van der Waals surface area contributed by atoms with Crippen LogP contribution < -0.4 is 0 Å². The van der Waals surface area contributed by atoms with E-state index in [2.05, 4.69) is 22.4 Å². The minimum atomic E-state index is -1.01. The van der Waals surface area contributed by atoms with Gasteiger partial charge in [0.1, 0.15) is 0 Å². The maximum absolute atomic E-state index is 10.7. The van der Waals surface area contributed by atoms with Crippen LogP contribution in [0.3, 0.4) is 0 Å². The standard InChI is InChI=1S/C9H7NO2S/c1-6-3-2-4-7(9(11)12)8(6)10-5-13/h2-4H,1H3,(H,11,12). The van der Waals surface area contributed by atoms with E-state index in [1.807, 2.05) is 0 Å². The van der Waals surface area contributed by atoms with Gasteiger partial charge < -0.3 is 5.11 Å². The largest absolute Gasteiger partial charge is 0.478 e. The van der Waals surface area contributed by atoms with E-state index in [0.717, 1.165) is 5.56 Å². The van der Waals surface area contributed by atoms with Crippen molar-refractivity contribution in [2.24, 2.45) is 4.99 Å². The molecule has 0 aromatic heterocycles. The fourth-order valence-electron chi connectivity index (χ4n) is 1.03. The summed E-state index contributed by atoms with van der Waals surface area (Å²) in [5, 5.41) is 11.0. The van der Waals surface area contributed by atoms with Gasteiger partial charge >= 0.3 is 5.97 Å². The lowest BCUT2D eigenvalue weighted by Crippen LogP contribution is -1.97. The first-order chi connectivity index (χ1) is 6.16. The summed E-state index contributed by atoms with van der Waals surface area (Å²) in [5.74, 6) is -1.01. The number of nitrogens with zero attached hydrogens (tertiary/aromatic N) is 1. The number of rotatable bonds is 2. The topological polar surface area (TPSA) is 49.7 Å². The van der Waals surface area contributed by atoms with E-state index in [-0.39, 0.29) is 5.56 Å². The molecule has 1 rings (SSSR count). The summed E-state index contributed by atoms with van der Waals surface area (Å²) in [5.41, 5.74) is 1.31. The number of hydrogen-bond acceptors (Lipinski definition) is 3. The number of thiocarbonyl (C=S) groups is 1. The number of aromatic carboxylic acids is 1. The van der Waals surface area contributed by atoms with Gasteiger partial charge in [0.05, 0.1) is 16.4 Å². The zero-order valence-corrected chi connectivity index (χ0v) is 7.76. The Balaban J connectivity index is 3.42. The minimum absolute atomic E-state index is 0.150. The highest BCUT2D eigenvalue weighted by Crippen LogP contribution is 2.23. The van der Waals surface area contributed by atoms with Gasteiger partial charge in [0, 0.05) is 0 Å². The molecule has 0 radical (unpaired) electrons. The highest BCUT2D eigenvalue weighted by Gasteiger charge is 2.10. The molecule has 0 fully saturated rings. The normalized spacial score (nSPS) is 9.00. The average molecular weight is 193 g/mol. The summed E-state index contributed by atoms with van der Waals surface area (Å²) < 4.78 is 0. The van der Waals surface area contributed by atoms with Crippen LogP contribution in [-0.2, 0) is 0 Å². The predicted octanol–water partition coefficient (Wildman–Crippen LogP) is 2.43. The summed E-state index contributed by atoms with van der Waals surface area (Å²) in [6, 6.07) is 4.93. The third-order valence-corrected chi connectivity index (χ3v) is 1.72. The molecular weight excluding hydrogens is 186 g/mol. The van der Waals surface area contributed by atoms with Crippen molar-refractivity contribution in [3.63, 3.8) is 0 Å². The van der Waals surface area contributed by atoms with Crippen LogP contribution in [-0.4, -0.2) is 16.2 Å². The number of carboxylic acids is 1. The monoisotopic (exact) mass is 193 g/mol. The van der Waals surface area contributed by atoms with Crippen molar-refractivity contribution >= 4 is 29.0 Å². The number of carbonyl (C=O) groups is 1. The first kappa shape index (κ1) is 9.58. The molecule has 0 spiro atoms. The van der Waals surface area contributed by atoms with Gasteiger partial charge in [-0.25, -0.2) is 4.79 Å². The van der Waals surface area contributed by atoms with E-state index in [9.17, 15) is 4.79 Å². The third-order valence-electron chi connectivity index (χ3n) is 1.63. The molecule has 0 aliphatic carbocycles. The maximum Gasteiger partial charge on any atom is 0.337 e. The Morgan fingerprint density at radius 2 is 2.31 bits per heavy atom. The molecule has 4 heteroatoms. The summed E-state index contributed by atoms with van der Waals surface area (Å²) >= 11 is 4.43. The smallest absolute Gasteiger partial charge is 0.337 e. The van der Waals surface area contributed by atoms with Gasteiger partial charge in [0.2, 0.25) is 0 Å². The van der Waals surface area contributed by atoms with Gasteiger partial charge in [0.15, 0.2) is 0 Å². The van der Waals surface area contributed by atoms with Crippen molar-refractivity contribution in [1.82, 2.24) is 0 Å². The molecular formula is C9H7NO2S. The van der Waals surface area contributed by atoms with Crippen LogP contribution in [0.2, 0.25) is 0 Å². The molecule has 13 heavy (non-hydrogen) atoms. The second-order valence-electron chi connectivity index (χ2n) is 2.48. The lowest BCUT2D eigenvalue weighted by atomic mass is 10.1. The molecule has 0 bridgehead atoms. The van der Waals surface area contributed by atoms with Crippen molar-refractivity contribution in [1.29, 1.82) is 0 Å². The molecule has 1 aromatic carbocycles. The van der Waals surface area contributed by atoms with Crippen LogP contribution in [0, 0.1) is 6.92 Å². The van der Waals surface area contributed by atoms with Crippen LogP contribution in [0.1, 0.15) is 15.9 Å². The average Bonchev–Trinajstić information content (AvgIpc) is 2.08. The lowest BCUT2D eigenvalue weighted by Gasteiger charge is -2.01. The maximum atomic E-state index is 10.7. The van der Waals surface area contributed by atoms with Crippen LogP contribution in [0.25, 0.3) is 0 Å². The summed E-state index contributed by atoms with van der Waals surface area (Å²) in [4.78, 5) is 14.4. The van der Waals surface area contributed by atoms with Gasteiger partial charge in [-0.1, -0.05) is 12.1 Å². The van der Waals surface area contributed by atoms with E-state index >= 15 is 0 Å². The zero-order valence-electron chi connectivity index (χ0n) is 6.94. The van der Waals surface area contributed by atoms with Gasteiger partial charge in [0.25, 0.3) is 0 Å². The van der Waals surface area contributed by atoms with Crippen molar-refractivity contribution < 1.29 is 9.90 Å². The SMILES string of the molecule is Cc1cccc(C(=O)O)c1N=C=S. The molecule has 1 aromatic rings. The molecule has 0 amide bonds. The number of aryl methyl sites for hydroxylation is 1. The second-order valence-corrected chi connectivity index (χ2v) is 2.66. The van der Waals surface area contributed by atoms with E-state index in [4.69, 9.17) is 5.11 Å². The highest BCUT2D eigenvalue weighted by atomic mass is 32.1. The Bertz CT molecular complexity index is 395. The van der Waals surface area contributed by atoms with Gasteiger partial charge in [-0.05, 0) is 30.8 Å². The molecule has 66 valence electrons.